The number of benzene rings is 2. The van der Waals surface area contributed by atoms with Crippen molar-refractivity contribution in [3.63, 3.8) is 0 Å². The van der Waals surface area contributed by atoms with Crippen LogP contribution in [0, 0.1) is 0 Å². The number of rotatable bonds is 7. The first-order valence-electron chi connectivity index (χ1n) is 9.83. The van der Waals surface area contributed by atoms with Gasteiger partial charge >= 0.3 is 0 Å². The molecule has 0 spiro atoms. The Morgan fingerprint density at radius 1 is 1.04 bits per heavy atom. The maximum Gasteiger partial charge on any atom is 0.227 e. The molecule has 28 heavy (non-hydrogen) atoms. The van der Waals surface area contributed by atoms with Crippen molar-refractivity contribution >= 4 is 11.8 Å². The molecule has 3 aromatic rings. The predicted molar refractivity (Wildman–Crippen MR) is 113 cm³/mol. The summed E-state index contributed by atoms with van der Waals surface area (Å²) in [6.45, 7) is 2.38. The van der Waals surface area contributed by atoms with Crippen molar-refractivity contribution in [2.45, 2.75) is 25.5 Å². The van der Waals surface area contributed by atoms with E-state index in [0.29, 0.717) is 5.95 Å². The largest absolute Gasteiger partial charge is 0.376 e. The van der Waals surface area contributed by atoms with E-state index in [-0.39, 0.29) is 6.10 Å². The zero-order valence-electron chi connectivity index (χ0n) is 16.2. The molecular formula is C23H26N4O. The lowest BCUT2D eigenvalue weighted by Crippen LogP contribution is -2.22. The molecule has 0 radical (unpaired) electrons. The molecule has 1 aliphatic rings. The van der Waals surface area contributed by atoms with Crippen LogP contribution in [0.15, 0.2) is 66.7 Å². The van der Waals surface area contributed by atoms with Crippen LogP contribution in [0.4, 0.5) is 11.8 Å². The monoisotopic (exact) mass is 374 g/mol. The Balaban J connectivity index is 1.59. The average Bonchev–Trinajstić information content (AvgIpc) is 3.27. The predicted octanol–water partition coefficient (Wildman–Crippen LogP) is 4.37. The van der Waals surface area contributed by atoms with Gasteiger partial charge in [-0.3, -0.25) is 0 Å². The van der Waals surface area contributed by atoms with Crippen molar-refractivity contribution in [1.29, 1.82) is 0 Å². The van der Waals surface area contributed by atoms with Gasteiger partial charge in [0.25, 0.3) is 0 Å². The van der Waals surface area contributed by atoms with E-state index in [0.717, 1.165) is 49.6 Å². The fourth-order valence-corrected chi connectivity index (χ4v) is 3.40. The normalized spacial score (nSPS) is 16.1. The second-order valence-corrected chi connectivity index (χ2v) is 7.16. The molecule has 0 saturated carbocycles. The minimum Gasteiger partial charge on any atom is -0.376 e. The van der Waals surface area contributed by atoms with Crippen molar-refractivity contribution in [3.05, 3.63) is 72.3 Å². The van der Waals surface area contributed by atoms with Crippen LogP contribution >= 0.6 is 0 Å². The van der Waals surface area contributed by atoms with E-state index >= 15 is 0 Å². The maximum absolute atomic E-state index is 5.73. The fraction of sp³-hybridized carbons (Fsp3) is 0.304. The molecule has 5 heteroatoms. The molecule has 4 rings (SSSR count). The Hall–Kier alpha value is -2.92. The Kier molecular flexibility index (Phi) is 5.83. The van der Waals surface area contributed by atoms with E-state index in [4.69, 9.17) is 14.7 Å². The zero-order chi connectivity index (χ0) is 19.2. The Bertz CT molecular complexity index is 880. The number of anilines is 2. The molecular weight excluding hydrogens is 348 g/mol. The Labute approximate surface area is 166 Å². The fourth-order valence-electron chi connectivity index (χ4n) is 3.40. The van der Waals surface area contributed by atoms with E-state index in [1.807, 2.05) is 37.4 Å². The van der Waals surface area contributed by atoms with Crippen LogP contribution in [-0.2, 0) is 11.3 Å². The summed E-state index contributed by atoms with van der Waals surface area (Å²) in [7, 11) is 2.03. The minimum absolute atomic E-state index is 0.264. The topological polar surface area (TPSA) is 50.3 Å². The van der Waals surface area contributed by atoms with Gasteiger partial charge in [-0.15, -0.1) is 0 Å². The highest BCUT2D eigenvalue weighted by molar-refractivity contribution is 5.64. The van der Waals surface area contributed by atoms with Gasteiger partial charge in [0.05, 0.1) is 11.8 Å². The summed E-state index contributed by atoms with van der Waals surface area (Å²) in [6.07, 6.45) is 2.50. The summed E-state index contributed by atoms with van der Waals surface area (Å²) in [4.78, 5) is 11.7. The second-order valence-electron chi connectivity index (χ2n) is 7.16. The second kappa shape index (κ2) is 8.85. The third-order valence-corrected chi connectivity index (χ3v) is 4.92. The van der Waals surface area contributed by atoms with Gasteiger partial charge < -0.3 is 15.0 Å². The number of hydrogen-bond donors (Lipinski definition) is 1. The van der Waals surface area contributed by atoms with Gasteiger partial charge in [0.1, 0.15) is 5.82 Å². The van der Waals surface area contributed by atoms with E-state index in [1.165, 1.54) is 5.56 Å². The van der Waals surface area contributed by atoms with Crippen LogP contribution in [0.5, 0.6) is 0 Å². The molecule has 1 unspecified atom stereocenters. The standard InChI is InChI=1S/C23H26N4O/c1-27(17-18-9-4-2-5-10-18)23-25-21(19-11-6-3-7-12-19)15-22(26-23)24-16-20-13-8-14-28-20/h2-7,9-12,15,20H,8,13-14,16-17H2,1H3,(H,24,25,26). The number of aromatic nitrogens is 2. The third-order valence-electron chi connectivity index (χ3n) is 4.92. The highest BCUT2D eigenvalue weighted by Gasteiger charge is 2.16. The molecule has 144 valence electrons. The Morgan fingerprint density at radius 2 is 1.79 bits per heavy atom. The lowest BCUT2D eigenvalue weighted by molar-refractivity contribution is 0.120. The lowest BCUT2D eigenvalue weighted by atomic mass is 10.1. The quantitative estimate of drug-likeness (QED) is 0.665. The first kappa shape index (κ1) is 18.4. The van der Waals surface area contributed by atoms with Crippen molar-refractivity contribution in [2.24, 2.45) is 0 Å². The van der Waals surface area contributed by atoms with Gasteiger partial charge in [0.15, 0.2) is 0 Å². The van der Waals surface area contributed by atoms with Crippen LogP contribution in [0.1, 0.15) is 18.4 Å². The third kappa shape index (κ3) is 4.67. The molecule has 1 saturated heterocycles. The Morgan fingerprint density at radius 3 is 2.50 bits per heavy atom. The van der Waals surface area contributed by atoms with E-state index < -0.39 is 0 Å². The highest BCUT2D eigenvalue weighted by atomic mass is 16.5. The zero-order valence-corrected chi connectivity index (χ0v) is 16.2. The summed E-state index contributed by atoms with van der Waals surface area (Å²) in [5.41, 5.74) is 3.23. The maximum atomic E-state index is 5.73. The average molecular weight is 374 g/mol. The van der Waals surface area contributed by atoms with Gasteiger partial charge in [0, 0.05) is 38.4 Å². The van der Waals surface area contributed by atoms with Crippen LogP contribution in [0.2, 0.25) is 0 Å². The SMILES string of the molecule is CN(Cc1ccccc1)c1nc(NCC2CCCO2)cc(-c2ccccc2)n1. The molecule has 0 bridgehead atoms. The van der Waals surface area contributed by atoms with Gasteiger partial charge in [-0.1, -0.05) is 60.7 Å². The van der Waals surface area contributed by atoms with Crippen LogP contribution < -0.4 is 10.2 Å². The van der Waals surface area contributed by atoms with Crippen LogP contribution in [0.3, 0.4) is 0 Å². The minimum atomic E-state index is 0.264. The molecule has 2 heterocycles. The van der Waals surface area contributed by atoms with Gasteiger partial charge in [-0.2, -0.15) is 4.98 Å². The van der Waals surface area contributed by atoms with Crippen molar-refractivity contribution in [2.75, 3.05) is 30.4 Å². The molecule has 1 N–H and O–H groups in total. The van der Waals surface area contributed by atoms with Crippen LogP contribution in [0.25, 0.3) is 11.3 Å². The van der Waals surface area contributed by atoms with Crippen molar-refractivity contribution in [3.8, 4) is 11.3 Å². The highest BCUT2D eigenvalue weighted by Crippen LogP contribution is 2.24. The molecule has 1 fully saturated rings. The number of hydrogen-bond acceptors (Lipinski definition) is 5. The molecule has 2 aromatic carbocycles. The summed E-state index contributed by atoms with van der Waals surface area (Å²) in [6, 6.07) is 22.6. The number of ether oxygens (including phenoxy) is 1. The van der Waals surface area contributed by atoms with Gasteiger partial charge in [0.2, 0.25) is 5.95 Å². The van der Waals surface area contributed by atoms with E-state index in [1.54, 1.807) is 0 Å². The summed E-state index contributed by atoms with van der Waals surface area (Å²) < 4.78 is 5.73. The van der Waals surface area contributed by atoms with Crippen molar-refractivity contribution < 1.29 is 4.74 Å². The molecule has 0 aliphatic carbocycles. The molecule has 5 nitrogen and oxygen atoms in total. The van der Waals surface area contributed by atoms with Crippen molar-refractivity contribution in [1.82, 2.24) is 9.97 Å². The van der Waals surface area contributed by atoms with E-state index in [2.05, 4.69) is 46.6 Å². The van der Waals surface area contributed by atoms with Gasteiger partial charge in [-0.25, -0.2) is 4.98 Å². The summed E-state index contributed by atoms with van der Waals surface area (Å²) >= 11 is 0. The lowest BCUT2D eigenvalue weighted by Gasteiger charge is -2.20. The molecule has 1 atom stereocenters. The first-order valence-corrected chi connectivity index (χ1v) is 9.83. The molecule has 1 aromatic heterocycles. The summed E-state index contributed by atoms with van der Waals surface area (Å²) in [5, 5.41) is 3.45. The molecule has 1 aliphatic heterocycles. The first-order chi connectivity index (χ1) is 13.8. The van der Waals surface area contributed by atoms with Gasteiger partial charge in [-0.05, 0) is 18.4 Å². The number of nitrogens with one attached hydrogen (secondary N) is 1. The molecule has 0 amide bonds. The number of nitrogens with zero attached hydrogens (tertiary/aromatic N) is 3. The summed E-state index contributed by atoms with van der Waals surface area (Å²) in [5.74, 6) is 1.54. The van der Waals surface area contributed by atoms with Crippen LogP contribution in [-0.4, -0.2) is 36.3 Å². The smallest absolute Gasteiger partial charge is 0.227 e. The van der Waals surface area contributed by atoms with E-state index in [9.17, 15) is 0 Å².